The molecular weight excluding hydrogens is 294 g/mol. The Morgan fingerprint density at radius 1 is 1.17 bits per heavy atom. The minimum absolute atomic E-state index is 0.0823. The number of carbonyl (C=O) groups excluding carboxylic acids is 1. The van der Waals surface area contributed by atoms with Crippen LogP contribution in [-0.4, -0.2) is 44.9 Å². The van der Waals surface area contributed by atoms with E-state index in [1.165, 1.54) is 12.8 Å². The number of piperidine rings is 1. The molecule has 122 valence electrons. The Labute approximate surface area is 134 Å². The number of hydrogen-bond donors (Lipinski definition) is 1. The van der Waals surface area contributed by atoms with Crippen LogP contribution in [0.3, 0.4) is 0 Å². The molecule has 3 fully saturated rings. The molecule has 1 aromatic heterocycles. The summed E-state index contributed by atoms with van der Waals surface area (Å²) >= 11 is 0. The van der Waals surface area contributed by atoms with Crippen molar-refractivity contribution >= 4 is 11.9 Å². The second-order valence-corrected chi connectivity index (χ2v) is 7.01. The molecule has 1 aromatic rings. The van der Waals surface area contributed by atoms with Crippen molar-refractivity contribution in [2.45, 2.75) is 38.0 Å². The zero-order valence-corrected chi connectivity index (χ0v) is 13.0. The van der Waals surface area contributed by atoms with Gasteiger partial charge in [0.25, 0.3) is 5.91 Å². The predicted molar refractivity (Wildman–Crippen MR) is 81.9 cm³/mol. The van der Waals surface area contributed by atoms with E-state index in [1.54, 1.807) is 17.2 Å². The summed E-state index contributed by atoms with van der Waals surface area (Å²) in [6.45, 7) is 1.18. The highest BCUT2D eigenvalue weighted by molar-refractivity contribution is 5.92. The molecule has 1 aliphatic heterocycles. The van der Waals surface area contributed by atoms with Crippen LogP contribution in [0.25, 0.3) is 0 Å². The minimum Gasteiger partial charge on any atom is -0.481 e. The third-order valence-corrected chi connectivity index (χ3v) is 5.68. The van der Waals surface area contributed by atoms with Gasteiger partial charge in [-0.3, -0.25) is 9.59 Å². The lowest BCUT2D eigenvalue weighted by molar-refractivity contribution is -0.139. The Morgan fingerprint density at radius 3 is 2.70 bits per heavy atom. The molecule has 1 N–H and O–H groups in total. The summed E-state index contributed by atoms with van der Waals surface area (Å²) in [5.74, 6) is 0.497. The number of fused-ring (bicyclic) bond motifs is 1. The Hall–Kier alpha value is -1.98. The van der Waals surface area contributed by atoms with Crippen LogP contribution in [0.2, 0.25) is 0 Å². The van der Waals surface area contributed by atoms with Crippen LogP contribution >= 0.6 is 0 Å². The van der Waals surface area contributed by atoms with E-state index in [2.05, 4.69) is 9.97 Å². The molecule has 2 saturated carbocycles. The van der Waals surface area contributed by atoms with Gasteiger partial charge in [0.1, 0.15) is 11.5 Å². The van der Waals surface area contributed by atoms with Crippen LogP contribution in [0, 0.1) is 17.8 Å². The lowest BCUT2D eigenvalue weighted by atomic mass is 10.1. The molecule has 6 nitrogen and oxygen atoms in total. The van der Waals surface area contributed by atoms with Crippen molar-refractivity contribution in [2.75, 3.05) is 13.1 Å². The molecule has 0 bridgehead atoms. The Kier molecular flexibility index (Phi) is 3.54. The molecule has 4 rings (SSSR count). The zero-order chi connectivity index (χ0) is 16.0. The minimum atomic E-state index is -0.722. The third kappa shape index (κ3) is 2.60. The highest BCUT2D eigenvalue weighted by Gasteiger charge is 2.57. The van der Waals surface area contributed by atoms with Gasteiger partial charge in [-0.2, -0.15) is 0 Å². The maximum Gasteiger partial charge on any atom is 0.307 e. The van der Waals surface area contributed by atoms with E-state index in [0.717, 1.165) is 25.1 Å². The van der Waals surface area contributed by atoms with Crippen LogP contribution in [-0.2, 0) is 4.79 Å². The van der Waals surface area contributed by atoms with E-state index in [4.69, 9.17) is 5.11 Å². The molecule has 1 amide bonds. The third-order valence-electron chi connectivity index (χ3n) is 5.68. The van der Waals surface area contributed by atoms with E-state index in [9.17, 15) is 9.59 Å². The van der Waals surface area contributed by atoms with Gasteiger partial charge >= 0.3 is 5.97 Å². The topological polar surface area (TPSA) is 83.4 Å². The fourth-order valence-corrected chi connectivity index (χ4v) is 4.32. The predicted octanol–water partition coefficient (Wildman–Crippen LogP) is 1.93. The molecule has 23 heavy (non-hydrogen) atoms. The molecule has 0 spiro atoms. The molecule has 3 atom stereocenters. The number of amides is 1. The maximum absolute atomic E-state index is 12.7. The Bertz CT molecular complexity index is 642. The number of aliphatic carboxylic acids is 1. The monoisotopic (exact) mass is 315 g/mol. The Morgan fingerprint density at radius 2 is 1.96 bits per heavy atom. The lowest BCUT2D eigenvalue weighted by Crippen LogP contribution is -2.37. The first-order chi connectivity index (χ1) is 11.1. The molecule has 1 saturated heterocycles. The number of carboxylic acid groups (broad SMARTS) is 1. The number of carbonyl (C=O) groups is 2. The number of aromatic nitrogens is 2. The summed E-state index contributed by atoms with van der Waals surface area (Å²) in [5.41, 5.74) is 0.452. The van der Waals surface area contributed by atoms with Crippen LogP contribution < -0.4 is 0 Å². The van der Waals surface area contributed by atoms with E-state index in [-0.39, 0.29) is 23.7 Å². The molecule has 0 unspecified atom stereocenters. The second-order valence-electron chi connectivity index (χ2n) is 7.01. The van der Waals surface area contributed by atoms with Crippen molar-refractivity contribution in [2.24, 2.45) is 17.8 Å². The van der Waals surface area contributed by atoms with Crippen molar-refractivity contribution < 1.29 is 14.7 Å². The largest absolute Gasteiger partial charge is 0.481 e. The SMILES string of the molecule is O=C(O)[C@@H]1[C@@H]2CCN(C(=O)c3ccnc(C4CCCC4)n3)C[C@@H]21. The standard InChI is InChI=1S/C17H21N3O3/c21-16(20-8-6-11-12(9-20)14(11)17(22)23)13-5-7-18-15(19-13)10-3-1-2-4-10/h5,7,10-12,14H,1-4,6,8-9H2,(H,22,23)/t11-,12+,14-/m1/s1. The van der Waals surface area contributed by atoms with Crippen molar-refractivity contribution in [1.29, 1.82) is 0 Å². The van der Waals surface area contributed by atoms with Crippen LogP contribution in [0.1, 0.15) is 54.3 Å². The molecule has 0 radical (unpaired) electrons. The van der Waals surface area contributed by atoms with Crippen LogP contribution in [0.5, 0.6) is 0 Å². The van der Waals surface area contributed by atoms with Crippen molar-refractivity contribution in [3.05, 3.63) is 23.8 Å². The van der Waals surface area contributed by atoms with Gasteiger partial charge in [-0.25, -0.2) is 9.97 Å². The molecule has 2 aliphatic carbocycles. The first-order valence-electron chi connectivity index (χ1n) is 8.50. The summed E-state index contributed by atoms with van der Waals surface area (Å²) in [5, 5.41) is 9.16. The average molecular weight is 315 g/mol. The second kappa shape index (κ2) is 5.58. The normalized spacial score (nSPS) is 30.1. The molecular formula is C17H21N3O3. The van der Waals surface area contributed by atoms with Gasteiger partial charge in [0.05, 0.1) is 5.92 Å². The quantitative estimate of drug-likeness (QED) is 0.921. The van der Waals surface area contributed by atoms with Crippen molar-refractivity contribution in [3.8, 4) is 0 Å². The van der Waals surface area contributed by atoms with Gasteiger partial charge < -0.3 is 10.0 Å². The highest BCUT2D eigenvalue weighted by atomic mass is 16.4. The zero-order valence-electron chi connectivity index (χ0n) is 13.0. The molecule has 2 heterocycles. The van der Waals surface area contributed by atoms with Gasteiger partial charge in [-0.1, -0.05) is 12.8 Å². The number of nitrogens with zero attached hydrogens (tertiary/aromatic N) is 3. The number of hydrogen-bond acceptors (Lipinski definition) is 4. The van der Waals surface area contributed by atoms with Gasteiger partial charge in [-0.05, 0) is 37.2 Å². The summed E-state index contributed by atoms with van der Waals surface area (Å²) in [6.07, 6.45) is 7.08. The number of carboxylic acids is 1. The van der Waals surface area contributed by atoms with E-state index in [1.807, 2.05) is 0 Å². The maximum atomic E-state index is 12.7. The van der Waals surface area contributed by atoms with Gasteiger partial charge in [-0.15, -0.1) is 0 Å². The van der Waals surface area contributed by atoms with Crippen molar-refractivity contribution in [3.63, 3.8) is 0 Å². The molecule has 0 aromatic carbocycles. The molecule has 6 heteroatoms. The number of rotatable bonds is 3. The average Bonchev–Trinajstić information content (AvgIpc) is 3.03. The number of likely N-dealkylation sites (tertiary alicyclic amines) is 1. The Balaban J connectivity index is 1.47. The lowest BCUT2D eigenvalue weighted by Gasteiger charge is -2.26. The van der Waals surface area contributed by atoms with Gasteiger partial charge in [0.15, 0.2) is 0 Å². The summed E-state index contributed by atoms with van der Waals surface area (Å²) in [4.78, 5) is 34.5. The van der Waals surface area contributed by atoms with E-state index in [0.29, 0.717) is 24.7 Å². The summed E-state index contributed by atoms with van der Waals surface area (Å²) < 4.78 is 0. The highest BCUT2D eigenvalue weighted by Crippen LogP contribution is 2.51. The van der Waals surface area contributed by atoms with Crippen LogP contribution in [0.4, 0.5) is 0 Å². The van der Waals surface area contributed by atoms with E-state index >= 15 is 0 Å². The fraction of sp³-hybridized carbons (Fsp3) is 0.647. The first-order valence-corrected chi connectivity index (χ1v) is 8.50. The fourth-order valence-electron chi connectivity index (χ4n) is 4.32. The van der Waals surface area contributed by atoms with Crippen molar-refractivity contribution in [1.82, 2.24) is 14.9 Å². The summed E-state index contributed by atoms with van der Waals surface area (Å²) in [6, 6.07) is 1.68. The van der Waals surface area contributed by atoms with Crippen LogP contribution in [0.15, 0.2) is 12.3 Å². The van der Waals surface area contributed by atoms with Gasteiger partial charge in [0.2, 0.25) is 0 Å². The van der Waals surface area contributed by atoms with E-state index < -0.39 is 5.97 Å². The molecule has 3 aliphatic rings. The summed E-state index contributed by atoms with van der Waals surface area (Å²) in [7, 11) is 0. The smallest absolute Gasteiger partial charge is 0.307 e. The van der Waals surface area contributed by atoms with Gasteiger partial charge in [0, 0.05) is 25.2 Å². The first kappa shape index (κ1) is 14.6.